The Bertz CT molecular complexity index is 682. The first kappa shape index (κ1) is 10.3. The molecule has 3 rings (SSSR count). The number of pyridine rings is 1. The Morgan fingerprint density at radius 2 is 1.76 bits per heavy atom. The Balaban J connectivity index is 2.56. The van der Waals surface area contributed by atoms with Crippen molar-refractivity contribution in [3.05, 3.63) is 45.9 Å². The first-order valence-corrected chi connectivity index (χ1v) is 5.84. The van der Waals surface area contributed by atoms with Gasteiger partial charge in [-0.3, -0.25) is 9.59 Å². The summed E-state index contributed by atoms with van der Waals surface area (Å²) in [6, 6.07) is 7.38. The van der Waals surface area contributed by atoms with Crippen LogP contribution in [0.4, 0.5) is 0 Å². The smallest absolute Gasteiger partial charge is 0.258 e. The van der Waals surface area contributed by atoms with Crippen LogP contribution in [0, 0.1) is 0 Å². The highest BCUT2D eigenvalue weighted by Crippen LogP contribution is 2.26. The fourth-order valence-corrected chi connectivity index (χ4v) is 2.66. The highest BCUT2D eigenvalue weighted by atomic mass is 16.1. The molecule has 1 aliphatic rings. The number of rotatable bonds is 0. The molecule has 0 bridgehead atoms. The van der Waals surface area contributed by atoms with Gasteiger partial charge in [0, 0.05) is 30.1 Å². The third-order valence-electron chi connectivity index (χ3n) is 3.52. The van der Waals surface area contributed by atoms with Crippen LogP contribution in [-0.2, 0) is 13.5 Å². The zero-order chi connectivity index (χ0) is 12.0. The van der Waals surface area contributed by atoms with Crippen LogP contribution in [-0.4, -0.2) is 10.4 Å². The van der Waals surface area contributed by atoms with Crippen LogP contribution in [0.15, 0.2) is 29.1 Å². The van der Waals surface area contributed by atoms with E-state index in [1.54, 1.807) is 17.7 Å². The van der Waals surface area contributed by atoms with E-state index in [0.717, 1.165) is 29.5 Å². The fraction of sp³-hybridized carbons (Fsp3) is 0.286. The van der Waals surface area contributed by atoms with Crippen molar-refractivity contribution >= 4 is 16.6 Å². The summed E-state index contributed by atoms with van der Waals surface area (Å²) in [5.74, 6) is 0.165. The van der Waals surface area contributed by atoms with E-state index in [-0.39, 0.29) is 11.3 Å². The van der Waals surface area contributed by atoms with Crippen molar-refractivity contribution in [2.75, 3.05) is 0 Å². The van der Waals surface area contributed by atoms with Gasteiger partial charge in [-0.05, 0) is 24.3 Å². The van der Waals surface area contributed by atoms with E-state index in [9.17, 15) is 9.59 Å². The third kappa shape index (κ3) is 1.35. The van der Waals surface area contributed by atoms with Crippen molar-refractivity contribution in [1.82, 2.24) is 4.57 Å². The molecule has 0 N–H and O–H groups in total. The molecule has 3 nitrogen and oxygen atoms in total. The van der Waals surface area contributed by atoms with Gasteiger partial charge in [0.05, 0.1) is 0 Å². The predicted molar refractivity (Wildman–Crippen MR) is 66.5 cm³/mol. The minimum atomic E-state index is -0.00551. The topological polar surface area (TPSA) is 39.1 Å². The zero-order valence-corrected chi connectivity index (χ0v) is 9.69. The van der Waals surface area contributed by atoms with E-state index in [1.165, 1.54) is 0 Å². The molecular formula is C14H13NO2. The molecule has 3 heteroatoms. The Kier molecular flexibility index (Phi) is 2.15. The summed E-state index contributed by atoms with van der Waals surface area (Å²) in [5.41, 5.74) is 1.65. The maximum Gasteiger partial charge on any atom is 0.258 e. The number of aromatic nitrogens is 1. The second-order valence-corrected chi connectivity index (χ2v) is 4.51. The number of carbonyl (C=O) groups excluding carboxylic acids is 1. The molecule has 17 heavy (non-hydrogen) atoms. The maximum absolute atomic E-state index is 12.2. The summed E-state index contributed by atoms with van der Waals surface area (Å²) in [7, 11) is 1.76. The van der Waals surface area contributed by atoms with Crippen LogP contribution in [0.5, 0.6) is 0 Å². The number of nitrogens with zero attached hydrogens (tertiary/aromatic N) is 1. The maximum atomic E-state index is 12.2. The fourth-order valence-electron chi connectivity index (χ4n) is 2.66. The van der Waals surface area contributed by atoms with Gasteiger partial charge in [0.2, 0.25) is 0 Å². The summed E-state index contributed by atoms with van der Waals surface area (Å²) < 4.78 is 1.63. The van der Waals surface area contributed by atoms with Gasteiger partial charge in [0.25, 0.3) is 5.56 Å². The number of fused-ring (bicyclic) bond motifs is 3. The SMILES string of the molecule is Cn1c2c(c3ccccc3c1=O)C(=O)CCC2. The minimum absolute atomic E-state index is 0.00551. The number of ketones is 1. The Hall–Kier alpha value is -1.90. The summed E-state index contributed by atoms with van der Waals surface area (Å²) in [5, 5.41) is 1.46. The summed E-state index contributed by atoms with van der Waals surface area (Å²) in [4.78, 5) is 24.2. The van der Waals surface area contributed by atoms with Gasteiger partial charge in [-0.2, -0.15) is 0 Å². The van der Waals surface area contributed by atoms with Gasteiger partial charge in [-0.15, -0.1) is 0 Å². The van der Waals surface area contributed by atoms with Crippen LogP contribution >= 0.6 is 0 Å². The molecule has 1 aliphatic carbocycles. The molecular weight excluding hydrogens is 214 g/mol. The lowest BCUT2D eigenvalue weighted by atomic mass is 9.90. The largest absolute Gasteiger partial charge is 0.314 e. The zero-order valence-electron chi connectivity index (χ0n) is 9.69. The molecule has 1 aromatic carbocycles. The van der Waals surface area contributed by atoms with Crippen molar-refractivity contribution in [3.8, 4) is 0 Å². The molecule has 0 radical (unpaired) electrons. The van der Waals surface area contributed by atoms with E-state index in [0.29, 0.717) is 11.8 Å². The monoisotopic (exact) mass is 227 g/mol. The number of carbonyl (C=O) groups is 1. The first-order chi connectivity index (χ1) is 8.20. The molecule has 2 aromatic rings. The van der Waals surface area contributed by atoms with Crippen molar-refractivity contribution in [1.29, 1.82) is 0 Å². The van der Waals surface area contributed by atoms with Crippen LogP contribution in [0.2, 0.25) is 0 Å². The molecule has 1 heterocycles. The van der Waals surface area contributed by atoms with E-state index >= 15 is 0 Å². The van der Waals surface area contributed by atoms with Crippen LogP contribution in [0.25, 0.3) is 10.8 Å². The van der Waals surface area contributed by atoms with E-state index in [2.05, 4.69) is 0 Å². The van der Waals surface area contributed by atoms with Crippen molar-refractivity contribution < 1.29 is 4.79 Å². The predicted octanol–water partition coefficient (Wildman–Crippen LogP) is 2.06. The number of Topliss-reactive ketones (excluding diaryl/α,β-unsaturated/α-hetero) is 1. The Morgan fingerprint density at radius 1 is 1.06 bits per heavy atom. The second-order valence-electron chi connectivity index (χ2n) is 4.51. The van der Waals surface area contributed by atoms with Crippen molar-refractivity contribution in [3.63, 3.8) is 0 Å². The van der Waals surface area contributed by atoms with E-state index in [4.69, 9.17) is 0 Å². The number of hydrogen-bond donors (Lipinski definition) is 0. The lowest BCUT2D eigenvalue weighted by Crippen LogP contribution is -2.26. The highest BCUT2D eigenvalue weighted by molar-refractivity contribution is 6.09. The summed E-state index contributed by atoms with van der Waals surface area (Å²) in [6.45, 7) is 0. The summed E-state index contributed by atoms with van der Waals surface area (Å²) in [6.07, 6.45) is 2.25. The van der Waals surface area contributed by atoms with Gasteiger partial charge in [-0.1, -0.05) is 18.2 Å². The molecule has 0 unspecified atom stereocenters. The average molecular weight is 227 g/mol. The molecule has 0 spiro atoms. The van der Waals surface area contributed by atoms with Gasteiger partial charge >= 0.3 is 0 Å². The molecule has 86 valence electrons. The quantitative estimate of drug-likeness (QED) is 0.691. The molecule has 0 saturated heterocycles. The molecule has 0 fully saturated rings. The minimum Gasteiger partial charge on any atom is -0.314 e. The highest BCUT2D eigenvalue weighted by Gasteiger charge is 2.23. The normalized spacial score (nSPS) is 15.0. The lowest BCUT2D eigenvalue weighted by Gasteiger charge is -2.20. The molecule has 0 amide bonds. The van der Waals surface area contributed by atoms with E-state index < -0.39 is 0 Å². The van der Waals surface area contributed by atoms with Crippen molar-refractivity contribution in [2.24, 2.45) is 7.05 Å². The third-order valence-corrected chi connectivity index (χ3v) is 3.52. The van der Waals surface area contributed by atoms with Crippen LogP contribution in [0.1, 0.15) is 28.9 Å². The van der Waals surface area contributed by atoms with Crippen LogP contribution in [0.3, 0.4) is 0 Å². The van der Waals surface area contributed by atoms with Crippen LogP contribution < -0.4 is 5.56 Å². The Morgan fingerprint density at radius 3 is 2.53 bits per heavy atom. The molecule has 0 saturated carbocycles. The Labute approximate surface area is 98.7 Å². The first-order valence-electron chi connectivity index (χ1n) is 5.84. The number of benzene rings is 1. The van der Waals surface area contributed by atoms with E-state index in [1.807, 2.05) is 18.2 Å². The molecule has 0 atom stereocenters. The molecule has 0 aliphatic heterocycles. The second kappa shape index (κ2) is 3.55. The average Bonchev–Trinajstić information content (AvgIpc) is 2.36. The van der Waals surface area contributed by atoms with Gasteiger partial charge in [0.15, 0.2) is 5.78 Å². The van der Waals surface area contributed by atoms with Crippen molar-refractivity contribution in [2.45, 2.75) is 19.3 Å². The van der Waals surface area contributed by atoms with Gasteiger partial charge in [0.1, 0.15) is 0 Å². The lowest BCUT2D eigenvalue weighted by molar-refractivity contribution is 0.0972. The summed E-state index contributed by atoms with van der Waals surface area (Å²) >= 11 is 0. The van der Waals surface area contributed by atoms with Gasteiger partial charge in [-0.25, -0.2) is 0 Å². The molecule has 1 aromatic heterocycles. The standard InChI is InChI=1S/C14H13NO2/c1-15-11-7-4-8-12(16)13(11)9-5-2-3-6-10(9)14(15)17/h2-3,5-6H,4,7-8H2,1H3. The number of hydrogen-bond acceptors (Lipinski definition) is 2. The van der Waals surface area contributed by atoms with Gasteiger partial charge < -0.3 is 4.57 Å².